The molecule has 19 heterocycles. The van der Waals surface area contributed by atoms with E-state index in [1.165, 1.54) is 121 Å². The predicted octanol–water partition coefficient (Wildman–Crippen LogP) is 16.9. The molecule has 9 fully saturated rings. The molecule has 10 aromatic heterocycles. The van der Waals surface area contributed by atoms with E-state index in [1.54, 1.807) is 24.9 Å². The average Bonchev–Trinajstić information content (AvgIpc) is 1.29. The molecule has 20 nitrogen and oxygen atoms in total. The van der Waals surface area contributed by atoms with E-state index in [-0.39, 0.29) is 41.8 Å². The van der Waals surface area contributed by atoms with E-state index in [0.29, 0.717) is 73.0 Å². The second kappa shape index (κ2) is 33.0. The molecule has 0 spiro atoms. The van der Waals surface area contributed by atoms with Crippen molar-refractivity contribution in [1.29, 1.82) is 0 Å². The molecule has 25 heteroatoms. The molecule has 10 aromatic rings. The van der Waals surface area contributed by atoms with Crippen molar-refractivity contribution in [3.8, 4) is 52.9 Å². The molecule has 0 saturated carbocycles. The number of hydrogen-bond donors (Lipinski definition) is 1. The first-order valence-corrected chi connectivity index (χ1v) is 38.5. The number of Topliss-reactive ketones (excluding diaryl/α,β-unsaturated/α-hetero) is 5. The van der Waals surface area contributed by atoms with Crippen LogP contribution in [0, 0.1) is 43.4 Å². The summed E-state index contributed by atoms with van der Waals surface area (Å²) >= 11 is 7.42. The van der Waals surface area contributed by atoms with Gasteiger partial charge in [0.15, 0.2) is 35.2 Å². The van der Waals surface area contributed by atoms with Crippen LogP contribution in [-0.2, 0) is 9.47 Å². The summed E-state index contributed by atoms with van der Waals surface area (Å²) < 4.78 is 35.6. The molecule has 19 rings (SSSR count). The minimum atomic E-state index is -0.236. The summed E-state index contributed by atoms with van der Waals surface area (Å²) in [6, 6.07) is 30.1. The lowest BCUT2D eigenvalue weighted by Crippen LogP contribution is -2.53. The van der Waals surface area contributed by atoms with E-state index >= 15 is 0 Å². The minimum absolute atomic E-state index is 0.0272. The van der Waals surface area contributed by atoms with E-state index in [0.717, 1.165) is 128 Å². The van der Waals surface area contributed by atoms with Gasteiger partial charge < -0.3 is 47.2 Å². The van der Waals surface area contributed by atoms with E-state index in [1.807, 2.05) is 106 Å². The molecule has 520 valence electrons. The molecule has 99 heavy (non-hydrogen) atoms. The summed E-state index contributed by atoms with van der Waals surface area (Å²) in [6.07, 6.45) is 18.8. The van der Waals surface area contributed by atoms with Gasteiger partial charge in [-0.1, -0.05) is 32.7 Å². The van der Waals surface area contributed by atoms with E-state index < -0.39 is 0 Å². The highest BCUT2D eigenvalue weighted by Gasteiger charge is 2.42. The number of ether oxygens (including phenoxy) is 2. The molecule has 0 aliphatic carbocycles. The Balaban J connectivity index is 0.000000112. The van der Waals surface area contributed by atoms with Crippen LogP contribution in [0.1, 0.15) is 164 Å². The van der Waals surface area contributed by atoms with Gasteiger partial charge in [0.05, 0.1) is 48.8 Å². The van der Waals surface area contributed by atoms with Crippen molar-refractivity contribution in [1.82, 2.24) is 40.9 Å². The number of ketones is 5. The summed E-state index contributed by atoms with van der Waals surface area (Å²) in [5, 5.41) is 23.2. The average molecular weight is 1440 g/mol. The van der Waals surface area contributed by atoms with Gasteiger partial charge in [0, 0.05) is 87.3 Å². The number of carbonyl (C=O) groups excluding carboxylic acids is 5. The molecule has 9 saturated heterocycles. The quantitative estimate of drug-likeness (QED) is 0.0696. The Bertz CT molecular complexity index is 4250. The molecule has 9 aliphatic rings. The summed E-state index contributed by atoms with van der Waals surface area (Å²) in [5.41, 5.74) is 3.97. The monoisotopic (exact) mass is 1430 g/mol. The lowest BCUT2D eigenvalue weighted by molar-refractivity contribution is -0.155. The molecular formula is C74H82N8O12S5. The van der Waals surface area contributed by atoms with E-state index in [4.69, 9.17) is 32.1 Å². The standard InChI is InChI=1S/C17H20N2O2S.C16H18N2O2S.C15H16N2O2S.C15H17NO4S.C11H11NO2S/c1-11-13(12-4-7-19(11)8-5-12)10-15(20)17-3-2-16(22-17)14-6-9-21-18-14;19-14(9-12-10-18-6-3-11(12)4-7-18)16-2-1-15(21-16)13-5-8-20-17-13;18-13(8-9-7-10-1-2-11(9)16-10)15-4-3-14(20-15)12-5-6-19-17-12;1-10-8-11(16-20-10)13-5-6-14(21-13)12(17)9-19-15-4-2-3-7-18-15;1-3-9(13)11-5-4-10(15-11)8-6-7(2)14-12-8/h2-3,6,9,11-13H,4-5,7-8,10H2,1H3;1-2,5,8,11-12H,3-4,6-7,9-10H2;3-6,9-11,16H,1-2,7-8H2;5-6,8,15H,2-4,7,9H2,1H3;4-6H,3H2,1-2H3. The van der Waals surface area contributed by atoms with Crippen molar-refractivity contribution < 1.29 is 56.1 Å². The second-order valence-corrected chi connectivity index (χ2v) is 31.9. The van der Waals surface area contributed by atoms with Crippen molar-refractivity contribution in [3.05, 3.63) is 146 Å². The van der Waals surface area contributed by atoms with E-state index in [9.17, 15) is 24.0 Å². The maximum Gasteiger partial charge on any atom is 0.198 e. The zero-order chi connectivity index (χ0) is 68.4. The molecule has 0 amide bonds. The lowest BCUT2D eigenvalue weighted by atomic mass is 9.72. The molecule has 6 bridgehead atoms. The van der Waals surface area contributed by atoms with Crippen LogP contribution in [0.3, 0.4) is 0 Å². The summed E-state index contributed by atoms with van der Waals surface area (Å²) in [5.74, 6) is 5.61. The van der Waals surface area contributed by atoms with Crippen molar-refractivity contribution in [2.75, 3.05) is 45.9 Å². The number of nitrogens with zero attached hydrogens (tertiary/aromatic N) is 7. The highest BCUT2D eigenvalue weighted by atomic mass is 32.1. The molecule has 7 atom stereocenters. The Kier molecular flexibility index (Phi) is 23.4. The summed E-state index contributed by atoms with van der Waals surface area (Å²) in [6.45, 7) is 14.6. The van der Waals surface area contributed by atoms with Gasteiger partial charge in [-0.15, -0.1) is 56.7 Å². The SMILES string of the molecule is CC1C(CC(=O)c2ccc(-c3ccon3)s2)C2CCN1CC2.CCC(=O)c1ccc(-c2cc(C)on2)s1.Cc1cc(-c2ccc(C(=O)COC3CCCCO3)s2)no1.O=C(CC1CC2CCC1N2)c1ccc(-c2ccon2)s1.O=C(CC1CN2CCC1CC2)c1ccc(-c2ccon2)s1. The fraction of sp³-hybridized carbons (Fsp3) is 0.459. The first-order chi connectivity index (χ1) is 48.2. The predicted molar refractivity (Wildman–Crippen MR) is 382 cm³/mol. The number of aromatic nitrogens is 5. The topological polar surface area (TPSA) is 252 Å². The number of aryl methyl sites for hydroxylation is 2. The highest BCUT2D eigenvalue weighted by Crippen LogP contribution is 2.42. The number of piperidine rings is 6. The van der Waals surface area contributed by atoms with Crippen LogP contribution < -0.4 is 5.32 Å². The van der Waals surface area contributed by atoms with Gasteiger partial charge in [-0.2, -0.15) is 0 Å². The summed E-state index contributed by atoms with van der Waals surface area (Å²) in [4.78, 5) is 75.1. The molecule has 7 unspecified atom stereocenters. The molecule has 0 aromatic carbocycles. The van der Waals surface area contributed by atoms with Crippen LogP contribution in [0.5, 0.6) is 0 Å². The van der Waals surface area contributed by atoms with Crippen LogP contribution >= 0.6 is 56.7 Å². The first-order valence-electron chi connectivity index (χ1n) is 34.4. The third-order valence-electron chi connectivity index (χ3n) is 20.0. The van der Waals surface area contributed by atoms with Gasteiger partial charge >= 0.3 is 0 Å². The molecule has 1 N–H and O–H groups in total. The second-order valence-electron chi connectivity index (χ2n) is 26.5. The number of thiophene rings is 5. The molecule has 9 aliphatic heterocycles. The van der Waals surface area contributed by atoms with Gasteiger partial charge in [-0.25, -0.2) is 0 Å². The third kappa shape index (κ3) is 17.7. The van der Waals surface area contributed by atoms with Gasteiger partial charge in [0.1, 0.15) is 65.4 Å². The maximum absolute atomic E-state index is 12.7. The maximum atomic E-state index is 12.7. The first kappa shape index (κ1) is 70.1. The normalized spacial score (nSPS) is 24.0. The highest BCUT2D eigenvalue weighted by molar-refractivity contribution is 7.18. The van der Waals surface area contributed by atoms with E-state index in [2.05, 4.69) is 47.8 Å². The van der Waals surface area contributed by atoms with Crippen LogP contribution in [-0.4, -0.2) is 135 Å². The van der Waals surface area contributed by atoms with Gasteiger partial charge in [0.25, 0.3) is 0 Å². The number of rotatable bonds is 20. The smallest absolute Gasteiger partial charge is 0.198 e. The van der Waals surface area contributed by atoms with Gasteiger partial charge in [-0.05, 0) is 201 Å². The van der Waals surface area contributed by atoms with Crippen molar-refractivity contribution >= 4 is 85.6 Å². The number of hydrogen-bond acceptors (Lipinski definition) is 25. The Labute approximate surface area is 594 Å². The Hall–Kier alpha value is -7.30. The Morgan fingerprint density at radius 3 is 1.39 bits per heavy atom. The Morgan fingerprint density at radius 1 is 0.515 bits per heavy atom. The van der Waals surface area contributed by atoms with Crippen molar-refractivity contribution in [2.24, 2.45) is 29.6 Å². The molecule has 0 radical (unpaired) electrons. The lowest BCUT2D eigenvalue weighted by Gasteiger charge is -2.49. The number of nitrogens with one attached hydrogen (secondary N) is 1. The fourth-order valence-corrected chi connectivity index (χ4v) is 19.2. The molecular weight excluding hydrogens is 1350 g/mol. The van der Waals surface area contributed by atoms with Gasteiger partial charge in [0.2, 0.25) is 0 Å². The number of carbonyl (C=O) groups is 5. The third-order valence-corrected chi connectivity index (χ3v) is 25.8. The van der Waals surface area contributed by atoms with Crippen LogP contribution in [0.2, 0.25) is 0 Å². The minimum Gasteiger partial charge on any atom is -0.364 e. The van der Waals surface area contributed by atoms with Crippen LogP contribution in [0.15, 0.2) is 132 Å². The fourth-order valence-electron chi connectivity index (χ4n) is 14.6. The van der Waals surface area contributed by atoms with Crippen LogP contribution in [0.25, 0.3) is 52.9 Å². The Morgan fingerprint density at radius 2 is 0.990 bits per heavy atom. The number of fused-ring (bicyclic) bond motifs is 8. The largest absolute Gasteiger partial charge is 0.364 e. The van der Waals surface area contributed by atoms with Crippen molar-refractivity contribution in [3.63, 3.8) is 0 Å². The zero-order valence-corrected chi connectivity index (χ0v) is 60.1. The van der Waals surface area contributed by atoms with Gasteiger partial charge in [-0.3, -0.25) is 24.0 Å². The van der Waals surface area contributed by atoms with Crippen molar-refractivity contribution in [2.45, 2.75) is 142 Å². The summed E-state index contributed by atoms with van der Waals surface area (Å²) in [7, 11) is 0. The zero-order valence-electron chi connectivity index (χ0n) is 56.0. The van der Waals surface area contributed by atoms with Crippen LogP contribution in [0.4, 0.5) is 0 Å².